The molecule has 0 fully saturated rings. The minimum absolute atomic E-state index is 0.109. The summed E-state index contributed by atoms with van der Waals surface area (Å²) in [7, 11) is 0. The Morgan fingerprint density at radius 3 is 2.63 bits per heavy atom. The van der Waals surface area contributed by atoms with Crippen LogP contribution in [0.5, 0.6) is 0 Å². The Balaban J connectivity index is 2.52. The number of rotatable bonds is 0. The fraction of sp³-hybridized carbons (Fsp3) is 0.400. The molecule has 0 radical (unpaired) electrons. The van der Waals surface area contributed by atoms with Crippen molar-refractivity contribution in [2.75, 3.05) is 6.54 Å². The van der Waals surface area contributed by atoms with Gasteiger partial charge in [0, 0.05) is 11.8 Å². The van der Waals surface area contributed by atoms with Crippen molar-refractivity contribution in [3.05, 3.63) is 35.1 Å². The molecule has 98 valence electrons. The molecule has 0 aromatic rings. The van der Waals surface area contributed by atoms with Crippen LogP contribution in [0.3, 0.4) is 0 Å². The Kier molecular flexibility index (Phi) is 3.15. The number of carbonyl (C=O) groups is 1. The van der Waals surface area contributed by atoms with Gasteiger partial charge in [0.2, 0.25) is 0 Å². The van der Waals surface area contributed by atoms with Gasteiger partial charge in [-0.1, -0.05) is 20.8 Å². The SMILES string of the molecule is CC1=CC=C(C#N)C2=NCC(C(C)(C)C)=CC(=O)N12. The van der Waals surface area contributed by atoms with Crippen molar-refractivity contribution in [2.45, 2.75) is 27.7 Å². The van der Waals surface area contributed by atoms with Crippen molar-refractivity contribution in [1.29, 1.82) is 5.26 Å². The van der Waals surface area contributed by atoms with Crippen LogP contribution < -0.4 is 0 Å². The third-order valence-electron chi connectivity index (χ3n) is 3.30. The third-order valence-corrected chi connectivity index (χ3v) is 3.30. The molecule has 2 rings (SSSR count). The molecule has 4 heteroatoms. The molecule has 1 amide bonds. The molecule has 0 saturated heterocycles. The minimum atomic E-state index is -0.129. The number of hydrogen-bond donors (Lipinski definition) is 0. The molecular formula is C15H17N3O. The van der Waals surface area contributed by atoms with Gasteiger partial charge in [0.05, 0.1) is 12.1 Å². The van der Waals surface area contributed by atoms with Crippen LogP contribution in [0, 0.1) is 16.7 Å². The van der Waals surface area contributed by atoms with Crippen LogP contribution in [0.25, 0.3) is 0 Å². The van der Waals surface area contributed by atoms with Gasteiger partial charge in [0.25, 0.3) is 5.91 Å². The maximum absolute atomic E-state index is 12.4. The van der Waals surface area contributed by atoms with E-state index in [1.807, 2.05) is 6.92 Å². The zero-order valence-corrected chi connectivity index (χ0v) is 11.7. The monoisotopic (exact) mass is 255 g/mol. The second kappa shape index (κ2) is 4.51. The summed E-state index contributed by atoms with van der Waals surface area (Å²) in [6.45, 7) is 8.46. The molecule has 2 aliphatic heterocycles. The molecular weight excluding hydrogens is 238 g/mol. The second-order valence-electron chi connectivity index (χ2n) is 5.73. The number of hydrogen-bond acceptors (Lipinski definition) is 3. The van der Waals surface area contributed by atoms with E-state index in [1.165, 1.54) is 4.90 Å². The van der Waals surface area contributed by atoms with Gasteiger partial charge in [-0.05, 0) is 30.1 Å². The number of allylic oxidation sites excluding steroid dienone is 3. The molecule has 0 spiro atoms. The Bertz CT molecular complexity index is 592. The topological polar surface area (TPSA) is 56.5 Å². The number of nitriles is 1. The first-order valence-corrected chi connectivity index (χ1v) is 6.23. The van der Waals surface area contributed by atoms with Crippen LogP contribution in [-0.4, -0.2) is 23.2 Å². The van der Waals surface area contributed by atoms with Gasteiger partial charge in [-0.25, -0.2) is 0 Å². The summed E-state index contributed by atoms with van der Waals surface area (Å²) in [6.07, 6.45) is 5.12. The number of aliphatic imine (C=N–C) groups is 1. The highest BCUT2D eigenvalue weighted by Gasteiger charge is 2.30. The summed E-state index contributed by atoms with van der Waals surface area (Å²) in [5, 5.41) is 9.14. The summed E-state index contributed by atoms with van der Waals surface area (Å²) >= 11 is 0. The van der Waals surface area contributed by atoms with Crippen molar-refractivity contribution >= 4 is 11.7 Å². The van der Waals surface area contributed by atoms with Crippen LogP contribution in [-0.2, 0) is 4.79 Å². The van der Waals surface area contributed by atoms with Gasteiger partial charge < -0.3 is 0 Å². The molecule has 0 bridgehead atoms. The van der Waals surface area contributed by atoms with Gasteiger partial charge in [-0.15, -0.1) is 0 Å². The van der Waals surface area contributed by atoms with E-state index in [0.29, 0.717) is 18.0 Å². The largest absolute Gasteiger partial charge is 0.269 e. The second-order valence-corrected chi connectivity index (χ2v) is 5.73. The van der Waals surface area contributed by atoms with Crippen molar-refractivity contribution in [3.63, 3.8) is 0 Å². The predicted molar refractivity (Wildman–Crippen MR) is 74.1 cm³/mol. The number of nitrogens with zero attached hydrogens (tertiary/aromatic N) is 3. The Labute approximate surface area is 113 Å². The predicted octanol–water partition coefficient (Wildman–Crippen LogP) is 2.57. The molecule has 0 saturated carbocycles. The Morgan fingerprint density at radius 1 is 1.37 bits per heavy atom. The lowest BCUT2D eigenvalue weighted by molar-refractivity contribution is -0.121. The molecule has 0 N–H and O–H groups in total. The number of amidine groups is 1. The Hall–Kier alpha value is -2.15. The summed E-state index contributed by atoms with van der Waals surface area (Å²) in [6, 6.07) is 2.09. The summed E-state index contributed by atoms with van der Waals surface area (Å²) < 4.78 is 0. The first-order valence-electron chi connectivity index (χ1n) is 6.23. The normalized spacial score (nSPS) is 19.5. The summed E-state index contributed by atoms with van der Waals surface area (Å²) in [5.74, 6) is 0.332. The molecule has 0 aromatic carbocycles. The molecule has 19 heavy (non-hydrogen) atoms. The highest BCUT2D eigenvalue weighted by molar-refractivity contribution is 6.15. The van der Waals surface area contributed by atoms with E-state index in [0.717, 1.165) is 11.3 Å². The van der Waals surface area contributed by atoms with E-state index in [-0.39, 0.29) is 11.3 Å². The van der Waals surface area contributed by atoms with E-state index in [9.17, 15) is 4.79 Å². The van der Waals surface area contributed by atoms with E-state index in [1.54, 1.807) is 18.2 Å². The van der Waals surface area contributed by atoms with E-state index < -0.39 is 0 Å². The molecule has 2 heterocycles. The molecule has 0 atom stereocenters. The molecule has 0 unspecified atom stereocenters. The lowest BCUT2D eigenvalue weighted by atomic mass is 9.86. The smallest absolute Gasteiger partial charge is 0.256 e. The fourth-order valence-electron chi connectivity index (χ4n) is 2.03. The molecule has 0 aromatic heterocycles. The van der Waals surface area contributed by atoms with Gasteiger partial charge >= 0.3 is 0 Å². The van der Waals surface area contributed by atoms with Crippen molar-refractivity contribution in [1.82, 2.24) is 4.90 Å². The van der Waals surface area contributed by atoms with Gasteiger partial charge in [-0.3, -0.25) is 14.7 Å². The molecule has 2 aliphatic rings. The average molecular weight is 255 g/mol. The highest BCUT2D eigenvalue weighted by Crippen LogP contribution is 2.29. The zero-order chi connectivity index (χ0) is 14.2. The van der Waals surface area contributed by atoms with Crippen molar-refractivity contribution in [3.8, 4) is 6.07 Å². The maximum Gasteiger partial charge on any atom is 0.256 e. The lowest BCUT2D eigenvalue weighted by Gasteiger charge is -2.24. The number of carbonyl (C=O) groups excluding carboxylic acids is 1. The summed E-state index contributed by atoms with van der Waals surface area (Å²) in [4.78, 5) is 18.3. The van der Waals surface area contributed by atoms with E-state index >= 15 is 0 Å². The van der Waals surface area contributed by atoms with E-state index in [2.05, 4.69) is 31.8 Å². The fourth-order valence-corrected chi connectivity index (χ4v) is 2.03. The number of fused-ring (bicyclic) bond motifs is 1. The average Bonchev–Trinajstić information content (AvgIpc) is 2.49. The summed E-state index contributed by atoms with van der Waals surface area (Å²) in [5.41, 5.74) is 2.09. The zero-order valence-electron chi connectivity index (χ0n) is 11.7. The van der Waals surface area contributed by atoms with Crippen molar-refractivity contribution in [2.24, 2.45) is 10.4 Å². The lowest BCUT2D eigenvalue weighted by Crippen LogP contribution is -2.36. The van der Waals surface area contributed by atoms with E-state index in [4.69, 9.17) is 5.26 Å². The quantitative estimate of drug-likeness (QED) is 0.668. The van der Waals surface area contributed by atoms with Crippen LogP contribution >= 0.6 is 0 Å². The maximum atomic E-state index is 12.4. The number of amides is 1. The van der Waals surface area contributed by atoms with Crippen LogP contribution in [0.1, 0.15) is 27.7 Å². The molecule has 0 aliphatic carbocycles. The van der Waals surface area contributed by atoms with Gasteiger partial charge in [0.1, 0.15) is 6.07 Å². The van der Waals surface area contributed by atoms with Crippen LogP contribution in [0.2, 0.25) is 0 Å². The van der Waals surface area contributed by atoms with Gasteiger partial charge in [0.15, 0.2) is 5.84 Å². The third kappa shape index (κ3) is 2.37. The first kappa shape index (κ1) is 13.3. The minimum Gasteiger partial charge on any atom is -0.269 e. The van der Waals surface area contributed by atoms with Crippen LogP contribution in [0.4, 0.5) is 0 Å². The highest BCUT2D eigenvalue weighted by atomic mass is 16.2. The first-order chi connectivity index (χ1) is 8.84. The van der Waals surface area contributed by atoms with Crippen LogP contribution in [0.15, 0.2) is 40.1 Å². The van der Waals surface area contributed by atoms with Crippen molar-refractivity contribution < 1.29 is 4.79 Å². The Morgan fingerprint density at radius 2 is 2.05 bits per heavy atom. The standard InChI is InChI=1S/C15H17N3O/c1-10-5-6-11(8-16)14-17-9-12(15(2,3)4)7-13(19)18(10)14/h5-7H,9H2,1-4H3. The van der Waals surface area contributed by atoms with Gasteiger partial charge in [-0.2, -0.15) is 5.26 Å². The molecule has 4 nitrogen and oxygen atoms in total.